The normalized spacial score (nSPS) is 25.4. The van der Waals surface area contributed by atoms with Gasteiger partial charge in [-0.2, -0.15) is 0 Å². The summed E-state index contributed by atoms with van der Waals surface area (Å²) in [6.07, 6.45) is 4.97. The lowest BCUT2D eigenvalue weighted by molar-refractivity contribution is 0.285. The first-order valence-corrected chi connectivity index (χ1v) is 8.79. The molecule has 1 aliphatic rings. The maximum absolute atomic E-state index is 11.4. The zero-order chi connectivity index (χ0) is 14.8. The second-order valence-electron chi connectivity index (χ2n) is 5.97. The van der Waals surface area contributed by atoms with E-state index in [1.54, 1.807) is 12.1 Å². The van der Waals surface area contributed by atoms with E-state index in [1.165, 1.54) is 31.7 Å². The van der Waals surface area contributed by atoms with Crippen molar-refractivity contribution in [1.82, 2.24) is 5.32 Å². The van der Waals surface area contributed by atoms with Gasteiger partial charge in [-0.1, -0.05) is 31.9 Å². The molecule has 0 aliphatic heterocycles. The molecule has 3 N–H and O–H groups in total. The number of sulfonamides is 1. The van der Waals surface area contributed by atoms with Gasteiger partial charge in [0.05, 0.1) is 4.90 Å². The van der Waals surface area contributed by atoms with Crippen LogP contribution in [0.4, 0.5) is 0 Å². The number of hydrogen-bond acceptors (Lipinski definition) is 3. The van der Waals surface area contributed by atoms with Crippen molar-refractivity contribution in [3.8, 4) is 0 Å². The minimum atomic E-state index is -3.63. The molecule has 1 aromatic rings. The third kappa shape index (κ3) is 4.04. The van der Waals surface area contributed by atoms with Gasteiger partial charge in [-0.15, -0.1) is 0 Å². The quantitative estimate of drug-likeness (QED) is 0.897. The summed E-state index contributed by atoms with van der Waals surface area (Å²) >= 11 is 0. The molecule has 5 heteroatoms. The first-order chi connectivity index (χ1) is 9.36. The predicted molar refractivity (Wildman–Crippen MR) is 80.8 cm³/mol. The van der Waals surface area contributed by atoms with Crippen molar-refractivity contribution < 1.29 is 8.42 Å². The topological polar surface area (TPSA) is 72.2 Å². The molecule has 4 nitrogen and oxygen atoms in total. The lowest BCUT2D eigenvalue weighted by atomic mass is 9.86. The molecule has 0 radical (unpaired) electrons. The Balaban J connectivity index is 2.07. The van der Waals surface area contributed by atoms with E-state index in [0.29, 0.717) is 6.04 Å². The lowest BCUT2D eigenvalue weighted by Gasteiger charge is -2.30. The molecule has 1 fully saturated rings. The Morgan fingerprint density at radius 3 is 2.75 bits per heavy atom. The molecule has 1 saturated carbocycles. The van der Waals surface area contributed by atoms with Crippen molar-refractivity contribution in [2.75, 3.05) is 0 Å². The average Bonchev–Trinajstić information content (AvgIpc) is 2.38. The van der Waals surface area contributed by atoms with Crippen LogP contribution in [0.25, 0.3) is 0 Å². The van der Waals surface area contributed by atoms with Gasteiger partial charge in [0.2, 0.25) is 10.0 Å². The molecule has 2 rings (SSSR count). The van der Waals surface area contributed by atoms with Gasteiger partial charge in [0.1, 0.15) is 0 Å². The largest absolute Gasteiger partial charge is 0.307 e. The molecular formula is C15H24N2O2S. The van der Waals surface area contributed by atoms with Crippen molar-refractivity contribution in [1.29, 1.82) is 0 Å². The van der Waals surface area contributed by atoms with E-state index in [0.717, 1.165) is 11.5 Å². The van der Waals surface area contributed by atoms with Crippen LogP contribution in [-0.4, -0.2) is 14.5 Å². The fourth-order valence-corrected chi connectivity index (χ4v) is 3.56. The van der Waals surface area contributed by atoms with E-state index < -0.39 is 10.0 Å². The molecule has 0 saturated heterocycles. The summed E-state index contributed by atoms with van der Waals surface area (Å²) in [5, 5.41) is 8.79. The fraction of sp³-hybridized carbons (Fsp3) is 0.600. The number of nitrogens with two attached hydrogens (primary N) is 1. The van der Waals surface area contributed by atoms with Crippen LogP contribution >= 0.6 is 0 Å². The summed E-state index contributed by atoms with van der Waals surface area (Å²) in [6.45, 7) is 4.36. The van der Waals surface area contributed by atoms with E-state index in [4.69, 9.17) is 5.14 Å². The highest BCUT2D eigenvalue weighted by atomic mass is 32.2. The first kappa shape index (κ1) is 15.5. The Morgan fingerprint density at radius 1 is 1.35 bits per heavy atom. The highest BCUT2D eigenvalue weighted by Gasteiger charge is 2.21. The molecule has 0 aromatic heterocycles. The summed E-state index contributed by atoms with van der Waals surface area (Å²) in [4.78, 5) is 0.181. The molecule has 0 bridgehead atoms. The van der Waals surface area contributed by atoms with Crippen molar-refractivity contribution in [2.45, 2.75) is 56.5 Å². The van der Waals surface area contributed by atoms with E-state index in [2.05, 4.69) is 19.2 Å². The van der Waals surface area contributed by atoms with Gasteiger partial charge in [-0.25, -0.2) is 13.6 Å². The minimum Gasteiger partial charge on any atom is -0.307 e. The maximum atomic E-state index is 11.4. The second-order valence-corrected chi connectivity index (χ2v) is 7.54. The Labute approximate surface area is 121 Å². The van der Waals surface area contributed by atoms with Crippen LogP contribution in [0, 0.1) is 5.92 Å². The molecule has 3 unspecified atom stereocenters. The van der Waals surface area contributed by atoms with Crippen molar-refractivity contribution in [2.24, 2.45) is 11.1 Å². The molecule has 20 heavy (non-hydrogen) atoms. The number of benzene rings is 1. The maximum Gasteiger partial charge on any atom is 0.238 e. The molecule has 112 valence electrons. The Hall–Kier alpha value is -0.910. The standard InChI is InChI=1S/C15H24N2O2S/c1-11-5-3-7-14(9-11)17-12(2)13-6-4-8-15(10-13)20(16,18)19/h4,6,8,10-12,14,17H,3,5,7,9H2,1-2H3,(H2,16,18,19). The summed E-state index contributed by atoms with van der Waals surface area (Å²) in [5.74, 6) is 0.768. The molecule has 0 spiro atoms. The third-order valence-electron chi connectivity index (χ3n) is 4.11. The molecular weight excluding hydrogens is 272 g/mol. The van der Waals surface area contributed by atoms with Crippen LogP contribution in [0.3, 0.4) is 0 Å². The van der Waals surface area contributed by atoms with Crippen LogP contribution in [-0.2, 0) is 10.0 Å². The highest BCUT2D eigenvalue weighted by molar-refractivity contribution is 7.89. The monoisotopic (exact) mass is 296 g/mol. The number of rotatable bonds is 4. The number of primary sulfonamides is 1. The first-order valence-electron chi connectivity index (χ1n) is 7.25. The molecule has 0 heterocycles. The SMILES string of the molecule is CC1CCCC(NC(C)c2cccc(S(N)(=O)=O)c2)C1. The smallest absolute Gasteiger partial charge is 0.238 e. The van der Waals surface area contributed by atoms with Gasteiger partial charge >= 0.3 is 0 Å². The van der Waals surface area contributed by atoms with Crippen molar-refractivity contribution in [3.05, 3.63) is 29.8 Å². The van der Waals surface area contributed by atoms with Crippen LogP contribution < -0.4 is 10.5 Å². The van der Waals surface area contributed by atoms with Gasteiger partial charge in [-0.05, 0) is 43.4 Å². The van der Waals surface area contributed by atoms with Gasteiger partial charge < -0.3 is 5.32 Å². The van der Waals surface area contributed by atoms with Gasteiger partial charge in [0, 0.05) is 12.1 Å². The summed E-state index contributed by atoms with van der Waals surface area (Å²) in [5.41, 5.74) is 0.967. The average molecular weight is 296 g/mol. The fourth-order valence-electron chi connectivity index (χ4n) is 3.00. The highest BCUT2D eigenvalue weighted by Crippen LogP contribution is 2.26. The minimum absolute atomic E-state index is 0.131. The Kier molecular flexibility index (Phi) is 4.83. The molecule has 1 aliphatic carbocycles. The van der Waals surface area contributed by atoms with E-state index in [-0.39, 0.29) is 10.9 Å². The molecule has 3 atom stereocenters. The zero-order valence-corrected chi connectivity index (χ0v) is 13.0. The van der Waals surface area contributed by atoms with E-state index >= 15 is 0 Å². The van der Waals surface area contributed by atoms with Crippen LogP contribution in [0.1, 0.15) is 51.1 Å². The van der Waals surface area contributed by atoms with Crippen LogP contribution in [0.5, 0.6) is 0 Å². The van der Waals surface area contributed by atoms with Gasteiger partial charge in [0.15, 0.2) is 0 Å². The van der Waals surface area contributed by atoms with Crippen molar-refractivity contribution in [3.63, 3.8) is 0 Å². The third-order valence-corrected chi connectivity index (χ3v) is 5.02. The van der Waals surface area contributed by atoms with E-state index in [1.807, 2.05) is 6.07 Å². The molecule has 0 amide bonds. The Bertz CT molecular complexity index is 557. The number of hydrogen-bond donors (Lipinski definition) is 2. The summed E-state index contributed by atoms with van der Waals surface area (Å²) in [6, 6.07) is 7.54. The summed E-state index contributed by atoms with van der Waals surface area (Å²) < 4.78 is 22.8. The van der Waals surface area contributed by atoms with Crippen molar-refractivity contribution >= 4 is 10.0 Å². The zero-order valence-electron chi connectivity index (χ0n) is 12.2. The Morgan fingerprint density at radius 2 is 2.10 bits per heavy atom. The van der Waals surface area contributed by atoms with Gasteiger partial charge in [-0.3, -0.25) is 0 Å². The van der Waals surface area contributed by atoms with Crippen LogP contribution in [0.2, 0.25) is 0 Å². The van der Waals surface area contributed by atoms with E-state index in [9.17, 15) is 8.42 Å². The lowest BCUT2D eigenvalue weighted by Crippen LogP contribution is -2.35. The van der Waals surface area contributed by atoms with Crippen LogP contribution in [0.15, 0.2) is 29.2 Å². The molecule has 1 aromatic carbocycles. The predicted octanol–water partition coefficient (Wildman–Crippen LogP) is 2.56. The second kappa shape index (κ2) is 6.24. The number of nitrogens with one attached hydrogen (secondary N) is 1. The van der Waals surface area contributed by atoms with Gasteiger partial charge in [0.25, 0.3) is 0 Å². The summed E-state index contributed by atoms with van der Waals surface area (Å²) in [7, 11) is -3.63.